The predicted octanol–water partition coefficient (Wildman–Crippen LogP) is 0.592. The van der Waals surface area contributed by atoms with Crippen LogP contribution in [0.5, 0.6) is 0 Å². The summed E-state index contributed by atoms with van der Waals surface area (Å²) in [5.74, 6) is 0.307. The van der Waals surface area contributed by atoms with Gasteiger partial charge < -0.3 is 19.9 Å². The zero-order valence-corrected chi connectivity index (χ0v) is 13.3. The van der Waals surface area contributed by atoms with Gasteiger partial charge in [-0.3, -0.25) is 9.59 Å². The van der Waals surface area contributed by atoms with E-state index in [0.717, 1.165) is 25.7 Å². The van der Waals surface area contributed by atoms with Gasteiger partial charge in [0.1, 0.15) is 0 Å². The molecule has 1 N–H and O–H groups in total. The van der Waals surface area contributed by atoms with Gasteiger partial charge in [-0.25, -0.2) is 4.79 Å². The lowest BCUT2D eigenvalue weighted by Gasteiger charge is -2.37. The molecule has 22 heavy (non-hydrogen) atoms. The summed E-state index contributed by atoms with van der Waals surface area (Å²) in [4.78, 5) is 38.7. The van der Waals surface area contributed by atoms with Gasteiger partial charge in [-0.05, 0) is 25.7 Å². The first kappa shape index (κ1) is 16.6. The fraction of sp³-hybridized carbons (Fsp3) is 0.800. The molecule has 124 valence electrons. The van der Waals surface area contributed by atoms with Gasteiger partial charge in [0.15, 0.2) is 0 Å². The van der Waals surface area contributed by atoms with Gasteiger partial charge in [0, 0.05) is 45.1 Å². The van der Waals surface area contributed by atoms with Gasteiger partial charge in [0.05, 0.1) is 7.11 Å². The fourth-order valence-electron chi connectivity index (χ4n) is 3.17. The Hall–Kier alpha value is -1.79. The zero-order valence-electron chi connectivity index (χ0n) is 13.3. The number of rotatable bonds is 2. The van der Waals surface area contributed by atoms with E-state index in [1.165, 1.54) is 7.11 Å². The summed E-state index contributed by atoms with van der Waals surface area (Å²) in [6, 6.07) is 0.0797. The molecule has 2 rings (SSSR count). The van der Waals surface area contributed by atoms with Crippen LogP contribution in [0.25, 0.3) is 0 Å². The van der Waals surface area contributed by atoms with Crippen molar-refractivity contribution in [2.45, 2.75) is 38.6 Å². The summed E-state index contributed by atoms with van der Waals surface area (Å²) < 4.78 is 4.59. The number of ether oxygens (including phenoxy) is 1. The average molecular weight is 311 g/mol. The number of amides is 3. The van der Waals surface area contributed by atoms with E-state index in [9.17, 15) is 14.4 Å². The van der Waals surface area contributed by atoms with Crippen LogP contribution in [0.15, 0.2) is 0 Å². The number of likely N-dealkylation sites (tertiary alicyclic amines) is 2. The number of carbonyl (C=O) groups excluding carboxylic acids is 3. The molecular formula is C15H25N3O4. The number of hydrogen-bond acceptors (Lipinski definition) is 4. The molecule has 0 saturated carbocycles. The highest BCUT2D eigenvalue weighted by Crippen LogP contribution is 2.22. The van der Waals surface area contributed by atoms with E-state index in [-0.39, 0.29) is 23.8 Å². The van der Waals surface area contributed by atoms with E-state index in [4.69, 9.17) is 0 Å². The molecule has 2 heterocycles. The van der Waals surface area contributed by atoms with Crippen molar-refractivity contribution in [2.75, 3.05) is 33.3 Å². The number of nitrogens with zero attached hydrogens (tertiary/aromatic N) is 2. The number of hydrogen-bond donors (Lipinski definition) is 1. The molecule has 3 amide bonds. The van der Waals surface area contributed by atoms with Crippen LogP contribution in [0.2, 0.25) is 0 Å². The average Bonchev–Trinajstić information content (AvgIpc) is 2.55. The molecule has 0 spiro atoms. The first-order chi connectivity index (χ1) is 10.5. The lowest BCUT2D eigenvalue weighted by molar-refractivity contribution is -0.140. The van der Waals surface area contributed by atoms with E-state index in [1.807, 2.05) is 4.90 Å². The number of carbonyl (C=O) groups is 3. The molecular weight excluding hydrogens is 286 g/mol. The maximum atomic E-state index is 12.5. The molecule has 0 bridgehead atoms. The lowest BCUT2D eigenvalue weighted by Crippen LogP contribution is -2.49. The summed E-state index contributed by atoms with van der Waals surface area (Å²) in [5, 5.41) is 2.78. The van der Waals surface area contributed by atoms with Crippen molar-refractivity contribution in [3.05, 3.63) is 0 Å². The summed E-state index contributed by atoms with van der Waals surface area (Å²) in [6.07, 6.45) is 2.60. The molecule has 0 aromatic carbocycles. The van der Waals surface area contributed by atoms with Crippen LogP contribution >= 0.6 is 0 Å². The SMILES string of the molecule is COC(=O)NC1CCN(C(=O)C2CCN(C(C)=O)CC2)CC1. The van der Waals surface area contributed by atoms with Crippen molar-refractivity contribution in [3.8, 4) is 0 Å². The molecule has 7 heteroatoms. The van der Waals surface area contributed by atoms with Crippen LogP contribution in [0, 0.1) is 5.92 Å². The number of methoxy groups -OCH3 is 1. The van der Waals surface area contributed by atoms with E-state index in [0.29, 0.717) is 26.2 Å². The molecule has 0 radical (unpaired) electrons. The number of nitrogens with one attached hydrogen (secondary N) is 1. The standard InChI is InChI=1S/C15H25N3O4/c1-11(19)17-7-3-12(4-8-17)14(20)18-9-5-13(6-10-18)16-15(21)22-2/h12-13H,3-10H2,1-2H3,(H,16,21). The summed E-state index contributed by atoms with van der Waals surface area (Å²) in [5.41, 5.74) is 0. The second-order valence-electron chi connectivity index (χ2n) is 6.02. The Morgan fingerprint density at radius 1 is 0.955 bits per heavy atom. The van der Waals surface area contributed by atoms with Crippen molar-refractivity contribution in [2.24, 2.45) is 5.92 Å². The maximum absolute atomic E-state index is 12.5. The Kier molecular flexibility index (Phi) is 5.63. The van der Waals surface area contributed by atoms with Gasteiger partial charge in [0.25, 0.3) is 0 Å². The minimum atomic E-state index is -0.415. The van der Waals surface area contributed by atoms with Crippen molar-refractivity contribution >= 4 is 17.9 Å². The lowest BCUT2D eigenvalue weighted by atomic mass is 9.94. The van der Waals surface area contributed by atoms with Crippen LogP contribution < -0.4 is 5.32 Å². The first-order valence-corrected chi connectivity index (χ1v) is 7.90. The molecule has 2 fully saturated rings. The Morgan fingerprint density at radius 3 is 2.00 bits per heavy atom. The molecule has 0 aromatic heterocycles. The largest absolute Gasteiger partial charge is 0.453 e. The fourth-order valence-corrected chi connectivity index (χ4v) is 3.17. The van der Waals surface area contributed by atoms with Gasteiger partial charge in [-0.1, -0.05) is 0 Å². The van der Waals surface area contributed by atoms with Gasteiger partial charge in [-0.2, -0.15) is 0 Å². The minimum absolute atomic E-state index is 0.0284. The highest BCUT2D eigenvalue weighted by atomic mass is 16.5. The maximum Gasteiger partial charge on any atom is 0.407 e. The van der Waals surface area contributed by atoms with Crippen LogP contribution in [0.1, 0.15) is 32.6 Å². The van der Waals surface area contributed by atoms with Crippen LogP contribution in [0.3, 0.4) is 0 Å². The predicted molar refractivity (Wildman–Crippen MR) is 80.1 cm³/mol. The first-order valence-electron chi connectivity index (χ1n) is 7.90. The van der Waals surface area contributed by atoms with Gasteiger partial charge in [-0.15, -0.1) is 0 Å². The van der Waals surface area contributed by atoms with Gasteiger partial charge in [0.2, 0.25) is 11.8 Å². The van der Waals surface area contributed by atoms with Crippen molar-refractivity contribution in [1.29, 1.82) is 0 Å². The van der Waals surface area contributed by atoms with E-state index in [1.54, 1.807) is 11.8 Å². The van der Waals surface area contributed by atoms with Crippen molar-refractivity contribution in [1.82, 2.24) is 15.1 Å². The van der Waals surface area contributed by atoms with Gasteiger partial charge >= 0.3 is 6.09 Å². The molecule has 0 aromatic rings. The Balaban J connectivity index is 1.76. The minimum Gasteiger partial charge on any atom is -0.453 e. The zero-order chi connectivity index (χ0) is 16.1. The third-order valence-electron chi connectivity index (χ3n) is 4.60. The summed E-state index contributed by atoms with van der Waals surface area (Å²) in [7, 11) is 1.35. The third kappa shape index (κ3) is 4.11. The van der Waals surface area contributed by atoms with E-state index < -0.39 is 6.09 Å². The molecule has 0 atom stereocenters. The van der Waals surface area contributed by atoms with Crippen molar-refractivity contribution < 1.29 is 19.1 Å². The quantitative estimate of drug-likeness (QED) is 0.809. The molecule has 2 aliphatic rings. The number of alkyl carbamates (subject to hydrolysis) is 1. The molecule has 2 aliphatic heterocycles. The van der Waals surface area contributed by atoms with E-state index in [2.05, 4.69) is 10.1 Å². The topological polar surface area (TPSA) is 79.0 Å². The highest BCUT2D eigenvalue weighted by Gasteiger charge is 2.31. The smallest absolute Gasteiger partial charge is 0.407 e. The molecule has 0 unspecified atom stereocenters. The molecule has 2 saturated heterocycles. The van der Waals surface area contributed by atoms with E-state index >= 15 is 0 Å². The number of piperidine rings is 2. The van der Waals surface area contributed by atoms with Crippen molar-refractivity contribution in [3.63, 3.8) is 0 Å². The molecule has 7 nitrogen and oxygen atoms in total. The normalized spacial score (nSPS) is 20.6. The molecule has 0 aliphatic carbocycles. The highest BCUT2D eigenvalue weighted by molar-refractivity contribution is 5.80. The Bertz CT molecular complexity index is 425. The Labute approximate surface area is 131 Å². The van der Waals surface area contributed by atoms with Crippen LogP contribution in [-0.2, 0) is 14.3 Å². The third-order valence-corrected chi connectivity index (χ3v) is 4.60. The Morgan fingerprint density at radius 2 is 1.50 bits per heavy atom. The monoisotopic (exact) mass is 311 g/mol. The van der Waals surface area contributed by atoms with Crippen LogP contribution in [0.4, 0.5) is 4.79 Å². The summed E-state index contributed by atoms with van der Waals surface area (Å²) in [6.45, 7) is 4.25. The second kappa shape index (κ2) is 7.47. The second-order valence-corrected chi connectivity index (χ2v) is 6.02. The van der Waals surface area contributed by atoms with Crippen LogP contribution in [-0.4, -0.2) is 67.0 Å². The summed E-state index contributed by atoms with van der Waals surface area (Å²) >= 11 is 0.